The molecule has 3 rings (SSSR count). The Balaban J connectivity index is 1.58. The van der Waals surface area contributed by atoms with Gasteiger partial charge in [-0.25, -0.2) is 9.59 Å². The first-order valence-electron chi connectivity index (χ1n) is 11.2. The van der Waals surface area contributed by atoms with Gasteiger partial charge in [0.25, 0.3) is 0 Å². The first-order valence-corrected chi connectivity index (χ1v) is 11.2. The molecule has 0 spiro atoms. The molecule has 1 aliphatic carbocycles. The molecular formula is C24H27N5O6. The fourth-order valence-electron chi connectivity index (χ4n) is 4.01. The van der Waals surface area contributed by atoms with E-state index in [-0.39, 0.29) is 32.2 Å². The molecule has 1 atom stereocenters. The van der Waals surface area contributed by atoms with Crippen LogP contribution in [0.2, 0.25) is 0 Å². The highest BCUT2D eigenvalue weighted by Gasteiger charge is 2.29. The summed E-state index contributed by atoms with van der Waals surface area (Å²) in [7, 11) is 0. The lowest BCUT2D eigenvalue weighted by Gasteiger charge is -2.19. The number of nitrogens with one attached hydrogen (secondary N) is 2. The predicted molar refractivity (Wildman–Crippen MR) is 126 cm³/mol. The average Bonchev–Trinajstić information content (AvgIpc) is 3.18. The molecule has 0 fully saturated rings. The van der Waals surface area contributed by atoms with E-state index in [2.05, 4.69) is 20.7 Å². The number of hydrogen-bond acceptors (Lipinski definition) is 6. The van der Waals surface area contributed by atoms with Crippen LogP contribution in [0.1, 0.15) is 36.3 Å². The van der Waals surface area contributed by atoms with E-state index in [1.54, 1.807) is 0 Å². The third kappa shape index (κ3) is 7.20. The van der Waals surface area contributed by atoms with Crippen LogP contribution >= 0.6 is 0 Å². The first-order chi connectivity index (χ1) is 17.0. The molecular weight excluding hydrogens is 454 g/mol. The summed E-state index contributed by atoms with van der Waals surface area (Å²) < 4.78 is 10.3. The van der Waals surface area contributed by atoms with Gasteiger partial charge < -0.3 is 25.2 Å². The second-order valence-corrected chi connectivity index (χ2v) is 7.90. The Morgan fingerprint density at radius 3 is 2.34 bits per heavy atom. The van der Waals surface area contributed by atoms with E-state index in [0.29, 0.717) is 12.8 Å². The Morgan fingerprint density at radius 1 is 1.06 bits per heavy atom. The van der Waals surface area contributed by atoms with Crippen molar-refractivity contribution in [2.75, 3.05) is 26.5 Å². The monoisotopic (exact) mass is 481 g/mol. The van der Waals surface area contributed by atoms with Gasteiger partial charge in [0.1, 0.15) is 26.0 Å². The zero-order valence-electron chi connectivity index (χ0n) is 19.1. The Kier molecular flexibility index (Phi) is 9.47. The van der Waals surface area contributed by atoms with Crippen LogP contribution in [0.5, 0.6) is 0 Å². The van der Waals surface area contributed by atoms with Gasteiger partial charge in [0, 0.05) is 17.4 Å². The lowest BCUT2D eigenvalue weighted by Crippen LogP contribution is -2.47. The van der Waals surface area contributed by atoms with Crippen LogP contribution < -0.4 is 10.6 Å². The standard InChI is InChI=1S/C24H27N5O6/c25-29-27-12-6-5-11-21(23(32)26-15-34-14-22(30)31)28-24(33)35-13-20-18-9-3-1-7-16(18)17-8-2-4-10-19(17)20/h1-4,7-10,20-21H,5-6,11-15H2,(H,26,32)(H,28,33)(H,30,31)/t21-/m0/s1. The summed E-state index contributed by atoms with van der Waals surface area (Å²) in [4.78, 5) is 38.4. The van der Waals surface area contributed by atoms with Gasteiger partial charge in [0.15, 0.2) is 0 Å². The number of alkyl carbamates (subject to hydrolysis) is 1. The van der Waals surface area contributed by atoms with E-state index in [1.807, 2.05) is 48.5 Å². The molecule has 0 radical (unpaired) electrons. The number of carbonyl (C=O) groups is 3. The molecule has 1 aliphatic rings. The van der Waals surface area contributed by atoms with Gasteiger partial charge in [-0.3, -0.25) is 4.79 Å². The van der Waals surface area contributed by atoms with Crippen molar-refractivity contribution in [2.45, 2.75) is 31.2 Å². The number of carbonyl (C=O) groups excluding carboxylic acids is 2. The fraction of sp³-hybridized carbons (Fsp3) is 0.375. The highest BCUT2D eigenvalue weighted by Crippen LogP contribution is 2.44. The summed E-state index contributed by atoms with van der Waals surface area (Å²) in [5.74, 6) is -1.81. The summed E-state index contributed by atoms with van der Waals surface area (Å²) >= 11 is 0. The summed E-state index contributed by atoms with van der Waals surface area (Å²) in [6, 6.07) is 15.0. The van der Waals surface area contributed by atoms with Crippen molar-refractivity contribution in [3.63, 3.8) is 0 Å². The van der Waals surface area contributed by atoms with Crippen molar-refractivity contribution in [1.29, 1.82) is 0 Å². The molecule has 0 saturated carbocycles. The second-order valence-electron chi connectivity index (χ2n) is 7.90. The van der Waals surface area contributed by atoms with Gasteiger partial charge in [0.2, 0.25) is 5.91 Å². The molecule has 2 aromatic carbocycles. The van der Waals surface area contributed by atoms with Crippen molar-refractivity contribution >= 4 is 18.0 Å². The number of carboxylic acid groups (broad SMARTS) is 1. The van der Waals surface area contributed by atoms with Gasteiger partial charge in [-0.05, 0) is 40.6 Å². The number of rotatable bonds is 13. The van der Waals surface area contributed by atoms with Crippen molar-refractivity contribution in [3.05, 3.63) is 70.1 Å². The Morgan fingerprint density at radius 2 is 1.71 bits per heavy atom. The lowest BCUT2D eigenvalue weighted by atomic mass is 9.98. The van der Waals surface area contributed by atoms with Gasteiger partial charge >= 0.3 is 12.1 Å². The Bertz CT molecular complexity index is 1060. The molecule has 11 heteroatoms. The minimum atomic E-state index is -1.16. The maximum atomic E-state index is 12.6. The van der Waals surface area contributed by atoms with Crippen LogP contribution in [0.3, 0.4) is 0 Å². The molecule has 0 heterocycles. The Labute approximate surface area is 202 Å². The van der Waals surface area contributed by atoms with Crippen molar-refractivity contribution in [2.24, 2.45) is 5.11 Å². The summed E-state index contributed by atoms with van der Waals surface area (Å²) in [6.07, 6.45) is 0.580. The zero-order valence-corrected chi connectivity index (χ0v) is 19.1. The van der Waals surface area contributed by atoms with E-state index in [9.17, 15) is 14.4 Å². The van der Waals surface area contributed by atoms with Crippen molar-refractivity contribution in [1.82, 2.24) is 10.6 Å². The molecule has 0 unspecified atom stereocenters. The number of ether oxygens (including phenoxy) is 2. The fourth-order valence-corrected chi connectivity index (χ4v) is 4.01. The van der Waals surface area contributed by atoms with E-state index in [0.717, 1.165) is 22.3 Å². The third-order valence-electron chi connectivity index (χ3n) is 5.59. The molecule has 35 heavy (non-hydrogen) atoms. The maximum absolute atomic E-state index is 12.6. The molecule has 0 bridgehead atoms. The number of unbranched alkanes of at least 4 members (excludes halogenated alkanes) is 1. The Hall–Kier alpha value is -4.08. The van der Waals surface area contributed by atoms with Gasteiger partial charge in [-0.15, -0.1) is 0 Å². The number of nitrogens with zero attached hydrogens (tertiary/aromatic N) is 3. The van der Waals surface area contributed by atoms with Crippen LogP contribution in [0.25, 0.3) is 21.6 Å². The quantitative estimate of drug-likeness (QED) is 0.130. The number of aliphatic carboxylic acids is 1. The van der Waals surface area contributed by atoms with E-state index < -0.39 is 30.6 Å². The van der Waals surface area contributed by atoms with Crippen molar-refractivity contribution in [3.8, 4) is 11.1 Å². The molecule has 184 valence electrons. The van der Waals surface area contributed by atoms with Crippen LogP contribution in [0, 0.1) is 0 Å². The summed E-state index contributed by atoms with van der Waals surface area (Å²) in [6.45, 7) is -0.492. The molecule has 2 amide bonds. The smallest absolute Gasteiger partial charge is 0.407 e. The summed E-state index contributed by atoms with van der Waals surface area (Å²) in [5.41, 5.74) is 12.7. The average molecular weight is 482 g/mol. The van der Waals surface area contributed by atoms with Crippen molar-refractivity contribution < 1.29 is 29.0 Å². The third-order valence-corrected chi connectivity index (χ3v) is 5.59. The molecule has 3 N–H and O–H groups in total. The van der Waals surface area contributed by atoms with Gasteiger partial charge in [0.05, 0.1) is 0 Å². The zero-order chi connectivity index (χ0) is 25.0. The van der Waals surface area contributed by atoms with Crippen LogP contribution in [-0.2, 0) is 19.1 Å². The molecule has 11 nitrogen and oxygen atoms in total. The van der Waals surface area contributed by atoms with E-state index in [1.165, 1.54) is 0 Å². The molecule has 0 aromatic heterocycles. The lowest BCUT2D eigenvalue weighted by molar-refractivity contribution is -0.143. The number of amides is 2. The topological polar surface area (TPSA) is 163 Å². The largest absolute Gasteiger partial charge is 0.480 e. The van der Waals surface area contributed by atoms with Gasteiger partial charge in [-0.1, -0.05) is 60.1 Å². The normalized spacial score (nSPS) is 12.6. The van der Waals surface area contributed by atoms with Gasteiger partial charge in [-0.2, -0.15) is 0 Å². The molecule has 0 aliphatic heterocycles. The maximum Gasteiger partial charge on any atom is 0.407 e. The predicted octanol–water partition coefficient (Wildman–Crippen LogP) is 3.55. The summed E-state index contributed by atoms with van der Waals surface area (Å²) in [5, 5.41) is 17.1. The van der Waals surface area contributed by atoms with Crippen LogP contribution in [0.15, 0.2) is 53.6 Å². The first kappa shape index (κ1) is 25.5. The number of benzene rings is 2. The van der Waals surface area contributed by atoms with E-state index >= 15 is 0 Å². The second kappa shape index (κ2) is 13.0. The van der Waals surface area contributed by atoms with Crippen LogP contribution in [0.4, 0.5) is 4.79 Å². The highest BCUT2D eigenvalue weighted by atomic mass is 16.5. The van der Waals surface area contributed by atoms with E-state index in [4.69, 9.17) is 20.1 Å². The minimum Gasteiger partial charge on any atom is -0.480 e. The number of hydrogen-bond donors (Lipinski definition) is 3. The number of carboxylic acids is 1. The number of fused-ring (bicyclic) bond motifs is 3. The SMILES string of the molecule is [N-]=[N+]=NCCCC[C@H](NC(=O)OCC1c2ccccc2-c2ccccc21)C(=O)NCOCC(=O)O. The molecule has 0 saturated heterocycles. The number of azide groups is 1. The van der Waals surface area contributed by atoms with Crippen LogP contribution in [-0.4, -0.2) is 55.6 Å². The molecule has 2 aromatic rings. The minimum absolute atomic E-state index is 0.104. The highest BCUT2D eigenvalue weighted by molar-refractivity contribution is 5.85.